The number of hydrogen-bond acceptors (Lipinski definition) is 1. The van der Waals surface area contributed by atoms with Crippen molar-refractivity contribution in [1.82, 2.24) is 5.32 Å². The first-order valence-electron chi connectivity index (χ1n) is 6.63. The van der Waals surface area contributed by atoms with Crippen LogP contribution >= 0.6 is 0 Å². The molecular weight excluding hydrogens is 213 g/mol. The highest BCUT2D eigenvalue weighted by Gasteiger charge is 2.25. The van der Waals surface area contributed by atoms with E-state index in [0.29, 0.717) is 5.41 Å². The number of nitrogens with one attached hydrogen (secondary N) is 1. The summed E-state index contributed by atoms with van der Waals surface area (Å²) in [7, 11) is 0. The Morgan fingerprint density at radius 1 is 1.24 bits per heavy atom. The third-order valence-corrected chi connectivity index (χ3v) is 3.83. The summed E-state index contributed by atoms with van der Waals surface area (Å²) in [6.45, 7) is 4.18. The van der Waals surface area contributed by atoms with Crippen LogP contribution in [0.5, 0.6) is 0 Å². The predicted octanol–water partition coefficient (Wildman–Crippen LogP) is 3.89. The van der Waals surface area contributed by atoms with Gasteiger partial charge in [-0.05, 0) is 36.0 Å². The number of benzene rings is 1. The predicted molar refractivity (Wildman–Crippen MR) is 69.3 cm³/mol. The maximum absolute atomic E-state index is 13.0. The van der Waals surface area contributed by atoms with Crippen LogP contribution in [0, 0.1) is 11.2 Å². The van der Waals surface area contributed by atoms with Gasteiger partial charge in [0, 0.05) is 13.1 Å². The van der Waals surface area contributed by atoms with Crippen LogP contribution in [-0.4, -0.2) is 6.54 Å². The Bertz CT molecular complexity index is 356. The Morgan fingerprint density at radius 2 is 2.00 bits per heavy atom. The van der Waals surface area contributed by atoms with E-state index in [1.165, 1.54) is 38.2 Å². The van der Waals surface area contributed by atoms with Gasteiger partial charge in [0.05, 0.1) is 0 Å². The van der Waals surface area contributed by atoms with Gasteiger partial charge in [0.1, 0.15) is 5.82 Å². The fourth-order valence-corrected chi connectivity index (χ4v) is 2.74. The average Bonchev–Trinajstić information content (AvgIpc) is 2.30. The molecule has 1 N–H and O–H groups in total. The van der Waals surface area contributed by atoms with Crippen molar-refractivity contribution < 1.29 is 4.39 Å². The highest BCUT2D eigenvalue weighted by molar-refractivity contribution is 5.15. The highest BCUT2D eigenvalue weighted by Crippen LogP contribution is 2.34. The van der Waals surface area contributed by atoms with Crippen molar-refractivity contribution in [1.29, 1.82) is 0 Å². The van der Waals surface area contributed by atoms with Crippen molar-refractivity contribution in [2.45, 2.75) is 45.6 Å². The standard InChI is InChI=1S/C15H22FN/c1-15(8-3-2-4-9-15)12-17-11-13-6-5-7-14(16)10-13/h5-7,10,17H,2-4,8-9,11-12H2,1H3. The first kappa shape index (κ1) is 12.6. The van der Waals surface area contributed by atoms with Crippen LogP contribution in [0.15, 0.2) is 24.3 Å². The summed E-state index contributed by atoms with van der Waals surface area (Å²) in [5.74, 6) is -0.145. The molecule has 0 aliphatic heterocycles. The van der Waals surface area contributed by atoms with Crippen LogP contribution in [0.3, 0.4) is 0 Å². The van der Waals surface area contributed by atoms with Gasteiger partial charge in [0.2, 0.25) is 0 Å². The summed E-state index contributed by atoms with van der Waals surface area (Å²) < 4.78 is 13.0. The Balaban J connectivity index is 1.79. The van der Waals surface area contributed by atoms with Crippen LogP contribution in [0.25, 0.3) is 0 Å². The molecule has 1 nitrogen and oxygen atoms in total. The molecule has 0 saturated heterocycles. The third kappa shape index (κ3) is 3.81. The molecule has 17 heavy (non-hydrogen) atoms. The molecular formula is C15H22FN. The zero-order valence-electron chi connectivity index (χ0n) is 10.6. The van der Waals surface area contributed by atoms with Gasteiger partial charge in [-0.1, -0.05) is 38.3 Å². The van der Waals surface area contributed by atoms with Crippen molar-refractivity contribution in [3.63, 3.8) is 0 Å². The van der Waals surface area contributed by atoms with E-state index in [9.17, 15) is 4.39 Å². The molecule has 1 fully saturated rings. The van der Waals surface area contributed by atoms with E-state index in [-0.39, 0.29) is 5.82 Å². The second kappa shape index (κ2) is 5.63. The molecule has 1 aromatic carbocycles. The minimum atomic E-state index is -0.145. The smallest absolute Gasteiger partial charge is 0.123 e. The zero-order valence-corrected chi connectivity index (χ0v) is 10.6. The summed E-state index contributed by atoms with van der Waals surface area (Å²) in [5.41, 5.74) is 1.48. The largest absolute Gasteiger partial charge is 0.312 e. The Kier molecular flexibility index (Phi) is 4.16. The Morgan fingerprint density at radius 3 is 2.71 bits per heavy atom. The molecule has 1 saturated carbocycles. The molecule has 0 aromatic heterocycles. The molecule has 1 aromatic rings. The molecule has 0 amide bonds. The van der Waals surface area contributed by atoms with E-state index in [2.05, 4.69) is 12.2 Å². The van der Waals surface area contributed by atoms with Crippen LogP contribution in [0.4, 0.5) is 4.39 Å². The van der Waals surface area contributed by atoms with Crippen molar-refractivity contribution in [2.75, 3.05) is 6.54 Å². The Hall–Kier alpha value is -0.890. The molecule has 0 radical (unpaired) electrons. The highest BCUT2D eigenvalue weighted by atomic mass is 19.1. The normalized spacial score (nSPS) is 19.2. The van der Waals surface area contributed by atoms with Gasteiger partial charge < -0.3 is 5.32 Å². The lowest BCUT2D eigenvalue weighted by Gasteiger charge is -2.33. The number of rotatable bonds is 4. The lowest BCUT2D eigenvalue weighted by atomic mass is 9.76. The maximum atomic E-state index is 13.0. The van der Waals surface area contributed by atoms with Crippen LogP contribution in [-0.2, 0) is 6.54 Å². The molecule has 0 atom stereocenters. The summed E-state index contributed by atoms with van der Waals surface area (Å²) in [6, 6.07) is 6.84. The van der Waals surface area contributed by atoms with Gasteiger partial charge in [0.15, 0.2) is 0 Å². The van der Waals surface area contributed by atoms with Gasteiger partial charge in [-0.3, -0.25) is 0 Å². The molecule has 0 unspecified atom stereocenters. The minimum Gasteiger partial charge on any atom is -0.312 e. The molecule has 2 heteroatoms. The second-order valence-electron chi connectivity index (χ2n) is 5.60. The third-order valence-electron chi connectivity index (χ3n) is 3.83. The molecule has 1 aliphatic rings. The molecule has 94 valence electrons. The molecule has 2 rings (SSSR count). The van der Waals surface area contributed by atoms with Crippen molar-refractivity contribution in [2.24, 2.45) is 5.41 Å². The van der Waals surface area contributed by atoms with E-state index >= 15 is 0 Å². The zero-order chi connectivity index (χ0) is 12.1. The summed E-state index contributed by atoms with van der Waals surface area (Å²) in [6.07, 6.45) is 6.75. The first-order valence-corrected chi connectivity index (χ1v) is 6.63. The second-order valence-corrected chi connectivity index (χ2v) is 5.60. The fraction of sp³-hybridized carbons (Fsp3) is 0.600. The van der Waals surface area contributed by atoms with Gasteiger partial charge in [-0.15, -0.1) is 0 Å². The average molecular weight is 235 g/mol. The molecule has 0 spiro atoms. The lowest BCUT2D eigenvalue weighted by molar-refractivity contribution is 0.207. The van der Waals surface area contributed by atoms with Crippen molar-refractivity contribution >= 4 is 0 Å². The summed E-state index contributed by atoms with van der Waals surface area (Å²) >= 11 is 0. The molecule has 0 heterocycles. The van der Waals surface area contributed by atoms with E-state index in [0.717, 1.165) is 18.7 Å². The van der Waals surface area contributed by atoms with Gasteiger partial charge in [-0.25, -0.2) is 4.39 Å². The molecule has 1 aliphatic carbocycles. The monoisotopic (exact) mass is 235 g/mol. The van der Waals surface area contributed by atoms with Gasteiger partial charge in [0.25, 0.3) is 0 Å². The number of hydrogen-bond donors (Lipinski definition) is 1. The van der Waals surface area contributed by atoms with Crippen LogP contribution < -0.4 is 5.32 Å². The topological polar surface area (TPSA) is 12.0 Å². The van der Waals surface area contributed by atoms with Gasteiger partial charge >= 0.3 is 0 Å². The quantitative estimate of drug-likeness (QED) is 0.835. The first-order chi connectivity index (χ1) is 8.18. The van der Waals surface area contributed by atoms with Crippen molar-refractivity contribution in [3.8, 4) is 0 Å². The van der Waals surface area contributed by atoms with Crippen LogP contribution in [0.1, 0.15) is 44.6 Å². The Labute approximate surface area is 103 Å². The van der Waals surface area contributed by atoms with Gasteiger partial charge in [-0.2, -0.15) is 0 Å². The minimum absolute atomic E-state index is 0.145. The van der Waals surface area contributed by atoms with Crippen molar-refractivity contribution in [3.05, 3.63) is 35.6 Å². The van der Waals surface area contributed by atoms with E-state index in [4.69, 9.17) is 0 Å². The van der Waals surface area contributed by atoms with E-state index in [1.807, 2.05) is 6.07 Å². The maximum Gasteiger partial charge on any atom is 0.123 e. The fourth-order valence-electron chi connectivity index (χ4n) is 2.74. The molecule has 0 bridgehead atoms. The van der Waals surface area contributed by atoms with E-state index < -0.39 is 0 Å². The summed E-state index contributed by atoms with van der Waals surface area (Å²) in [4.78, 5) is 0. The van der Waals surface area contributed by atoms with Crippen LogP contribution in [0.2, 0.25) is 0 Å². The number of halogens is 1. The van der Waals surface area contributed by atoms with E-state index in [1.54, 1.807) is 12.1 Å². The summed E-state index contributed by atoms with van der Waals surface area (Å²) in [5, 5.41) is 3.47. The lowest BCUT2D eigenvalue weighted by Crippen LogP contribution is -2.33. The SMILES string of the molecule is CC1(CNCc2cccc(F)c2)CCCCC1.